The third-order valence-corrected chi connectivity index (χ3v) is 7.16. The van der Waals surface area contributed by atoms with Crippen molar-refractivity contribution >= 4 is 17.8 Å². The van der Waals surface area contributed by atoms with Gasteiger partial charge in [0.1, 0.15) is 6.10 Å². The van der Waals surface area contributed by atoms with Crippen LogP contribution in [-0.2, 0) is 33.3 Å². The second-order valence-corrected chi connectivity index (χ2v) is 10.7. The third-order valence-electron chi connectivity index (χ3n) is 7.16. The van der Waals surface area contributed by atoms with Gasteiger partial charge in [-0.05, 0) is 45.6 Å². The lowest BCUT2D eigenvalue weighted by atomic mass is 9.88. The number of allylic oxidation sites excluding steroid dienone is 2. The normalized spacial score (nSPS) is 35.0. The van der Waals surface area contributed by atoms with Crippen LogP contribution in [0.25, 0.3) is 0 Å². The number of amides is 1. The molecule has 37 heavy (non-hydrogen) atoms. The molecule has 3 aliphatic rings. The molecular weight excluding hydrogens is 478 g/mol. The molecule has 9 heteroatoms. The molecule has 0 saturated carbocycles. The summed E-state index contributed by atoms with van der Waals surface area (Å²) in [6.45, 7) is 9.83. The zero-order valence-corrected chi connectivity index (χ0v) is 22.5. The Labute approximate surface area is 219 Å². The molecule has 9 nitrogen and oxygen atoms in total. The summed E-state index contributed by atoms with van der Waals surface area (Å²) in [4.78, 5) is 34.4. The smallest absolute Gasteiger partial charge is 0.305 e. The minimum absolute atomic E-state index is 0.00942. The standard InChI is InChI=1S/C28H41NO8/c1-17(6-9-22-14-28(16-34-28)15-23(37-22)13-27(32)33)7-10-25-18(2)12-24(20(4)36-25)29-26(31)11-8-19(3)35-21(5)30/h6-9,11,18-20,22-25H,10,12-16H2,1-5H3,(H,29,31)(H,32,33)/b9-6+,11-8-,17-7+/t18-,19-,20+,22+,23+,24+,25-,28?/m0/s1. The molecule has 3 saturated heterocycles. The maximum Gasteiger partial charge on any atom is 0.305 e. The summed E-state index contributed by atoms with van der Waals surface area (Å²) in [6.07, 6.45) is 11.0. The molecule has 3 aliphatic heterocycles. The first-order valence-corrected chi connectivity index (χ1v) is 13.1. The second kappa shape index (κ2) is 12.8. The number of nitrogens with one attached hydrogen (secondary N) is 1. The minimum Gasteiger partial charge on any atom is -0.481 e. The fourth-order valence-corrected chi connectivity index (χ4v) is 5.07. The highest BCUT2D eigenvalue weighted by atomic mass is 16.6. The first kappa shape index (κ1) is 29.1. The number of carboxylic acids is 1. The van der Waals surface area contributed by atoms with Gasteiger partial charge in [0.25, 0.3) is 0 Å². The van der Waals surface area contributed by atoms with Crippen molar-refractivity contribution in [2.45, 2.75) is 109 Å². The zero-order chi connectivity index (χ0) is 27.2. The van der Waals surface area contributed by atoms with Crippen LogP contribution in [0.5, 0.6) is 0 Å². The lowest BCUT2D eigenvalue weighted by Crippen LogP contribution is -2.50. The summed E-state index contributed by atoms with van der Waals surface area (Å²) in [5.41, 5.74) is 0.870. The largest absolute Gasteiger partial charge is 0.481 e. The van der Waals surface area contributed by atoms with Gasteiger partial charge in [-0.3, -0.25) is 14.4 Å². The minimum atomic E-state index is -0.857. The molecule has 0 aromatic rings. The summed E-state index contributed by atoms with van der Waals surface area (Å²) >= 11 is 0. The van der Waals surface area contributed by atoms with Crippen LogP contribution in [0.1, 0.15) is 66.7 Å². The van der Waals surface area contributed by atoms with Crippen LogP contribution in [-0.4, -0.2) is 71.7 Å². The first-order chi connectivity index (χ1) is 17.4. The number of hydrogen-bond donors (Lipinski definition) is 2. The van der Waals surface area contributed by atoms with Gasteiger partial charge in [-0.1, -0.05) is 30.7 Å². The predicted molar refractivity (Wildman–Crippen MR) is 137 cm³/mol. The molecule has 0 aromatic heterocycles. The van der Waals surface area contributed by atoms with Gasteiger partial charge in [-0.2, -0.15) is 0 Å². The van der Waals surface area contributed by atoms with Crippen molar-refractivity contribution in [3.05, 3.63) is 36.0 Å². The Balaban J connectivity index is 1.46. The molecule has 0 radical (unpaired) electrons. The maximum atomic E-state index is 12.3. The number of aliphatic carboxylic acids is 1. The van der Waals surface area contributed by atoms with Gasteiger partial charge in [-0.25, -0.2) is 0 Å². The molecule has 206 valence electrons. The van der Waals surface area contributed by atoms with E-state index in [0.717, 1.165) is 24.8 Å². The van der Waals surface area contributed by atoms with Crippen LogP contribution < -0.4 is 5.32 Å². The molecule has 8 atom stereocenters. The van der Waals surface area contributed by atoms with Crippen molar-refractivity contribution in [3.8, 4) is 0 Å². The van der Waals surface area contributed by atoms with Crippen LogP contribution in [0.4, 0.5) is 0 Å². The maximum absolute atomic E-state index is 12.3. The molecule has 3 fully saturated rings. The highest BCUT2D eigenvalue weighted by Gasteiger charge is 2.51. The molecule has 2 N–H and O–H groups in total. The van der Waals surface area contributed by atoms with Crippen molar-refractivity contribution in [2.24, 2.45) is 5.92 Å². The zero-order valence-electron chi connectivity index (χ0n) is 22.5. The van der Waals surface area contributed by atoms with Crippen LogP contribution in [0.3, 0.4) is 0 Å². The topological polar surface area (TPSA) is 124 Å². The van der Waals surface area contributed by atoms with E-state index in [2.05, 4.69) is 18.3 Å². The molecule has 1 spiro atoms. The SMILES string of the molecule is CC(=O)O[C@@H](C)/C=C\C(=O)N[C@@H]1C[C@H](C)[C@H](C/C=C(C)/C=C/[C@@H]2CC3(CO3)C[C@@H](CC(=O)O)O2)O[C@@H]1C. The van der Waals surface area contributed by atoms with Gasteiger partial charge in [0.2, 0.25) is 5.91 Å². The molecule has 0 bridgehead atoms. The van der Waals surface area contributed by atoms with E-state index in [1.165, 1.54) is 13.0 Å². The molecular formula is C28H41NO8. The summed E-state index contributed by atoms with van der Waals surface area (Å²) in [5.74, 6) is -1.23. The van der Waals surface area contributed by atoms with E-state index in [4.69, 9.17) is 24.1 Å². The highest BCUT2D eigenvalue weighted by molar-refractivity contribution is 5.87. The van der Waals surface area contributed by atoms with Crippen LogP contribution in [0.2, 0.25) is 0 Å². The van der Waals surface area contributed by atoms with E-state index < -0.39 is 12.1 Å². The second-order valence-electron chi connectivity index (χ2n) is 10.7. The number of epoxide rings is 1. The van der Waals surface area contributed by atoms with Gasteiger partial charge in [0, 0.05) is 25.8 Å². The van der Waals surface area contributed by atoms with Crippen molar-refractivity contribution in [2.75, 3.05) is 6.61 Å². The van der Waals surface area contributed by atoms with Gasteiger partial charge in [0.05, 0.1) is 49.1 Å². The van der Waals surface area contributed by atoms with Gasteiger partial charge < -0.3 is 29.4 Å². The van der Waals surface area contributed by atoms with Gasteiger partial charge in [-0.15, -0.1) is 0 Å². The predicted octanol–water partition coefficient (Wildman–Crippen LogP) is 3.48. The Kier molecular flexibility index (Phi) is 10.1. The van der Waals surface area contributed by atoms with E-state index in [1.807, 2.05) is 26.0 Å². The third kappa shape index (κ3) is 9.39. The van der Waals surface area contributed by atoms with Crippen molar-refractivity contribution in [1.82, 2.24) is 5.32 Å². The Bertz CT molecular complexity index is 921. The van der Waals surface area contributed by atoms with Gasteiger partial charge in [0.15, 0.2) is 0 Å². The lowest BCUT2D eigenvalue weighted by Gasteiger charge is -2.39. The number of carboxylic acid groups (broad SMARTS) is 1. The number of rotatable bonds is 10. The van der Waals surface area contributed by atoms with Crippen LogP contribution in [0.15, 0.2) is 36.0 Å². The number of esters is 1. The van der Waals surface area contributed by atoms with Crippen molar-refractivity contribution < 1.29 is 38.4 Å². The molecule has 3 heterocycles. The number of ether oxygens (including phenoxy) is 4. The van der Waals surface area contributed by atoms with Gasteiger partial charge >= 0.3 is 11.9 Å². The van der Waals surface area contributed by atoms with Crippen molar-refractivity contribution in [3.63, 3.8) is 0 Å². The number of carbonyl (C=O) groups is 3. The highest BCUT2D eigenvalue weighted by Crippen LogP contribution is 2.43. The summed E-state index contributed by atoms with van der Waals surface area (Å²) < 4.78 is 22.8. The van der Waals surface area contributed by atoms with E-state index in [1.54, 1.807) is 13.0 Å². The quantitative estimate of drug-likeness (QED) is 0.195. The lowest BCUT2D eigenvalue weighted by molar-refractivity contribution is -0.144. The first-order valence-electron chi connectivity index (χ1n) is 13.1. The average Bonchev–Trinajstić information content (AvgIpc) is 3.54. The van der Waals surface area contributed by atoms with E-state index in [-0.39, 0.29) is 60.3 Å². The fourth-order valence-electron chi connectivity index (χ4n) is 5.07. The monoisotopic (exact) mass is 519 g/mol. The Morgan fingerprint density at radius 2 is 1.89 bits per heavy atom. The molecule has 0 aliphatic carbocycles. The van der Waals surface area contributed by atoms with E-state index >= 15 is 0 Å². The molecule has 3 rings (SSSR count). The Morgan fingerprint density at radius 1 is 1.16 bits per heavy atom. The molecule has 1 unspecified atom stereocenters. The summed E-state index contributed by atoms with van der Waals surface area (Å²) in [5, 5.41) is 12.1. The summed E-state index contributed by atoms with van der Waals surface area (Å²) in [7, 11) is 0. The van der Waals surface area contributed by atoms with E-state index in [0.29, 0.717) is 13.0 Å². The van der Waals surface area contributed by atoms with Crippen LogP contribution in [0, 0.1) is 5.92 Å². The van der Waals surface area contributed by atoms with Crippen molar-refractivity contribution in [1.29, 1.82) is 0 Å². The van der Waals surface area contributed by atoms with Crippen LogP contribution >= 0.6 is 0 Å². The number of hydrogen-bond acceptors (Lipinski definition) is 7. The molecule has 0 aromatic carbocycles. The fraction of sp³-hybridized carbons (Fsp3) is 0.679. The van der Waals surface area contributed by atoms with E-state index in [9.17, 15) is 14.4 Å². The Morgan fingerprint density at radius 3 is 2.54 bits per heavy atom. The summed E-state index contributed by atoms with van der Waals surface area (Å²) in [6, 6.07) is -0.100. The molecule has 1 amide bonds. The average molecular weight is 520 g/mol. The Hall–Kier alpha value is -2.49. The number of carbonyl (C=O) groups excluding carboxylic acids is 2.